The summed E-state index contributed by atoms with van der Waals surface area (Å²) >= 11 is 0. The highest BCUT2D eigenvalue weighted by Crippen LogP contribution is 2.20. The van der Waals surface area contributed by atoms with Crippen molar-refractivity contribution in [1.82, 2.24) is 4.98 Å². The van der Waals surface area contributed by atoms with Gasteiger partial charge in [-0.2, -0.15) is 0 Å². The van der Waals surface area contributed by atoms with Gasteiger partial charge in [-0.1, -0.05) is 0 Å². The highest BCUT2D eigenvalue weighted by Gasteiger charge is 2.13. The van der Waals surface area contributed by atoms with Gasteiger partial charge in [-0.05, 0) is 6.07 Å². The SMILES string of the molecule is COCCOCCNc1nccc(C(=O)OC)c1N. The Bertz CT molecular complexity index is 412. The van der Waals surface area contributed by atoms with Gasteiger partial charge in [0.25, 0.3) is 0 Å². The average molecular weight is 269 g/mol. The molecule has 1 aromatic heterocycles. The minimum Gasteiger partial charge on any atom is -0.465 e. The van der Waals surface area contributed by atoms with Gasteiger partial charge in [0.05, 0.1) is 38.2 Å². The van der Waals surface area contributed by atoms with Crippen molar-refractivity contribution in [2.24, 2.45) is 0 Å². The quantitative estimate of drug-likeness (QED) is 0.524. The number of nitrogens with one attached hydrogen (secondary N) is 1. The van der Waals surface area contributed by atoms with Crippen LogP contribution in [0.25, 0.3) is 0 Å². The van der Waals surface area contributed by atoms with Gasteiger partial charge in [0.2, 0.25) is 0 Å². The number of nitrogen functional groups attached to an aromatic ring is 1. The summed E-state index contributed by atoms with van der Waals surface area (Å²) in [6.07, 6.45) is 1.50. The number of hydrogen-bond donors (Lipinski definition) is 2. The van der Waals surface area contributed by atoms with Crippen molar-refractivity contribution in [3.8, 4) is 0 Å². The fourth-order valence-corrected chi connectivity index (χ4v) is 1.39. The van der Waals surface area contributed by atoms with E-state index in [1.54, 1.807) is 7.11 Å². The van der Waals surface area contributed by atoms with E-state index in [1.807, 2.05) is 0 Å². The molecule has 0 aliphatic rings. The zero-order valence-corrected chi connectivity index (χ0v) is 11.1. The summed E-state index contributed by atoms with van der Waals surface area (Å²) in [7, 11) is 2.92. The minimum absolute atomic E-state index is 0.270. The van der Waals surface area contributed by atoms with E-state index in [1.165, 1.54) is 19.4 Å². The molecule has 0 bridgehead atoms. The number of anilines is 2. The Morgan fingerprint density at radius 1 is 1.37 bits per heavy atom. The number of nitrogens with two attached hydrogens (primary N) is 1. The van der Waals surface area contributed by atoms with Crippen LogP contribution in [-0.2, 0) is 14.2 Å². The lowest BCUT2D eigenvalue weighted by Gasteiger charge is -2.10. The molecule has 0 fully saturated rings. The van der Waals surface area contributed by atoms with E-state index < -0.39 is 5.97 Å². The second-order valence-corrected chi connectivity index (χ2v) is 3.64. The van der Waals surface area contributed by atoms with Crippen molar-refractivity contribution >= 4 is 17.5 Å². The number of nitrogens with zero attached hydrogens (tertiary/aromatic N) is 1. The molecule has 0 radical (unpaired) electrons. The van der Waals surface area contributed by atoms with Gasteiger partial charge >= 0.3 is 5.97 Å². The first-order valence-electron chi connectivity index (χ1n) is 5.84. The summed E-state index contributed by atoms with van der Waals surface area (Å²) < 4.78 is 14.8. The number of ether oxygens (including phenoxy) is 3. The molecule has 0 saturated carbocycles. The van der Waals surface area contributed by atoms with Gasteiger partial charge in [0.15, 0.2) is 0 Å². The average Bonchev–Trinajstić information content (AvgIpc) is 2.43. The van der Waals surface area contributed by atoms with Crippen molar-refractivity contribution in [2.45, 2.75) is 0 Å². The van der Waals surface area contributed by atoms with E-state index in [0.29, 0.717) is 37.7 Å². The Hall–Kier alpha value is -1.86. The van der Waals surface area contributed by atoms with Crippen LogP contribution in [0.2, 0.25) is 0 Å². The normalized spacial score (nSPS) is 10.2. The van der Waals surface area contributed by atoms with Crippen LogP contribution in [0.15, 0.2) is 12.3 Å². The van der Waals surface area contributed by atoms with E-state index in [9.17, 15) is 4.79 Å². The maximum Gasteiger partial charge on any atom is 0.340 e. The fraction of sp³-hybridized carbons (Fsp3) is 0.500. The molecule has 3 N–H and O–H groups in total. The molecule has 0 aliphatic heterocycles. The first-order chi connectivity index (χ1) is 9.20. The van der Waals surface area contributed by atoms with E-state index in [2.05, 4.69) is 15.0 Å². The number of pyridine rings is 1. The van der Waals surface area contributed by atoms with Crippen molar-refractivity contribution in [3.05, 3.63) is 17.8 Å². The van der Waals surface area contributed by atoms with Gasteiger partial charge in [0.1, 0.15) is 5.82 Å². The van der Waals surface area contributed by atoms with E-state index in [0.717, 1.165) is 0 Å². The van der Waals surface area contributed by atoms with Crippen LogP contribution in [0.4, 0.5) is 11.5 Å². The van der Waals surface area contributed by atoms with Crippen LogP contribution in [-0.4, -0.2) is 51.5 Å². The third kappa shape index (κ3) is 4.72. The topological polar surface area (TPSA) is 95.7 Å². The lowest BCUT2D eigenvalue weighted by Crippen LogP contribution is -2.15. The lowest BCUT2D eigenvalue weighted by molar-refractivity contribution is 0.0602. The van der Waals surface area contributed by atoms with Crippen LogP contribution >= 0.6 is 0 Å². The van der Waals surface area contributed by atoms with Gasteiger partial charge < -0.3 is 25.3 Å². The minimum atomic E-state index is -0.487. The second kappa shape index (κ2) is 8.28. The molecule has 7 heteroatoms. The van der Waals surface area contributed by atoms with Gasteiger partial charge in [-0.25, -0.2) is 9.78 Å². The summed E-state index contributed by atoms with van der Waals surface area (Å²) in [4.78, 5) is 15.5. The van der Waals surface area contributed by atoms with Crippen molar-refractivity contribution in [2.75, 3.05) is 51.6 Å². The van der Waals surface area contributed by atoms with Crippen LogP contribution in [0, 0.1) is 0 Å². The molecule has 0 saturated heterocycles. The number of methoxy groups -OCH3 is 2. The van der Waals surface area contributed by atoms with Crippen LogP contribution in [0.3, 0.4) is 0 Å². The Balaban J connectivity index is 2.48. The molecule has 1 rings (SSSR count). The first-order valence-corrected chi connectivity index (χ1v) is 5.84. The van der Waals surface area contributed by atoms with Crippen molar-refractivity contribution in [1.29, 1.82) is 0 Å². The first kappa shape index (κ1) is 15.2. The molecule has 19 heavy (non-hydrogen) atoms. The molecule has 106 valence electrons. The van der Waals surface area contributed by atoms with Gasteiger partial charge in [0, 0.05) is 19.9 Å². The van der Waals surface area contributed by atoms with Crippen LogP contribution < -0.4 is 11.1 Å². The Labute approximate surface area is 112 Å². The molecule has 0 atom stereocenters. The highest BCUT2D eigenvalue weighted by atomic mass is 16.5. The van der Waals surface area contributed by atoms with E-state index in [-0.39, 0.29) is 5.69 Å². The number of rotatable bonds is 8. The predicted octanol–water partition coefficient (Wildman–Crippen LogP) is 0.525. The molecular formula is C12H19N3O4. The Kier molecular flexibility index (Phi) is 6.62. The van der Waals surface area contributed by atoms with Crippen molar-refractivity contribution < 1.29 is 19.0 Å². The zero-order valence-electron chi connectivity index (χ0n) is 11.1. The maximum atomic E-state index is 11.4. The highest BCUT2D eigenvalue weighted by molar-refractivity contribution is 5.97. The smallest absolute Gasteiger partial charge is 0.340 e. The number of carbonyl (C=O) groups is 1. The molecule has 0 amide bonds. The largest absolute Gasteiger partial charge is 0.465 e. The summed E-state index contributed by atoms with van der Waals surface area (Å²) in [5.41, 5.74) is 6.40. The lowest BCUT2D eigenvalue weighted by atomic mass is 10.2. The third-order valence-electron chi connectivity index (χ3n) is 2.37. The zero-order chi connectivity index (χ0) is 14.1. The summed E-state index contributed by atoms with van der Waals surface area (Å²) in [6.45, 7) is 2.11. The molecule has 0 aliphatic carbocycles. The molecule has 0 unspecified atom stereocenters. The predicted molar refractivity (Wildman–Crippen MR) is 71.2 cm³/mol. The molecule has 0 spiro atoms. The van der Waals surface area contributed by atoms with Gasteiger partial charge in [-0.3, -0.25) is 0 Å². The fourth-order valence-electron chi connectivity index (χ4n) is 1.39. The molecule has 1 aromatic rings. The summed E-state index contributed by atoms with van der Waals surface area (Å²) in [5.74, 6) is -0.0439. The number of esters is 1. The molecule has 7 nitrogen and oxygen atoms in total. The monoisotopic (exact) mass is 269 g/mol. The molecule has 1 heterocycles. The number of aromatic nitrogens is 1. The second-order valence-electron chi connectivity index (χ2n) is 3.64. The number of hydrogen-bond acceptors (Lipinski definition) is 7. The Morgan fingerprint density at radius 3 is 2.84 bits per heavy atom. The summed E-state index contributed by atoms with van der Waals surface area (Å²) in [5, 5.41) is 3.00. The van der Waals surface area contributed by atoms with E-state index >= 15 is 0 Å². The van der Waals surface area contributed by atoms with Crippen molar-refractivity contribution in [3.63, 3.8) is 0 Å². The van der Waals surface area contributed by atoms with Crippen LogP contribution in [0.1, 0.15) is 10.4 Å². The van der Waals surface area contributed by atoms with E-state index in [4.69, 9.17) is 15.2 Å². The molecule has 0 aromatic carbocycles. The third-order valence-corrected chi connectivity index (χ3v) is 2.37. The standard InChI is InChI=1S/C12H19N3O4/c1-17-7-8-19-6-5-15-11-10(13)9(3-4-14-11)12(16)18-2/h3-4H,5-8,13H2,1-2H3,(H,14,15). The van der Waals surface area contributed by atoms with Crippen LogP contribution in [0.5, 0.6) is 0 Å². The maximum absolute atomic E-state index is 11.4. The summed E-state index contributed by atoms with van der Waals surface area (Å²) in [6, 6.07) is 1.52. The van der Waals surface area contributed by atoms with Gasteiger partial charge in [-0.15, -0.1) is 0 Å². The number of carbonyl (C=O) groups excluding carboxylic acids is 1. The molecular weight excluding hydrogens is 250 g/mol. The Morgan fingerprint density at radius 2 is 2.16 bits per heavy atom.